The number of anilines is 1. The van der Waals surface area contributed by atoms with Crippen molar-refractivity contribution in [3.63, 3.8) is 0 Å². The highest BCUT2D eigenvalue weighted by molar-refractivity contribution is 7.99. The number of nitrogens with two attached hydrogens (primary N) is 1. The fourth-order valence-electron chi connectivity index (χ4n) is 1.18. The highest BCUT2D eigenvalue weighted by Gasteiger charge is 2.13. The van der Waals surface area contributed by atoms with Crippen molar-refractivity contribution < 1.29 is 0 Å². The zero-order valence-corrected chi connectivity index (χ0v) is 10.4. The van der Waals surface area contributed by atoms with E-state index in [4.69, 9.17) is 17.3 Å². The van der Waals surface area contributed by atoms with E-state index in [2.05, 4.69) is 20.2 Å². The van der Waals surface area contributed by atoms with Crippen LogP contribution in [-0.2, 0) is 6.54 Å². The van der Waals surface area contributed by atoms with E-state index < -0.39 is 0 Å². The van der Waals surface area contributed by atoms with Gasteiger partial charge in [0, 0.05) is 6.54 Å². The average molecular weight is 273 g/mol. The van der Waals surface area contributed by atoms with Gasteiger partial charge in [-0.3, -0.25) is 4.57 Å². The van der Waals surface area contributed by atoms with Gasteiger partial charge in [0.2, 0.25) is 0 Å². The molecule has 2 aromatic rings. The second-order valence-electron chi connectivity index (χ2n) is 3.04. The molecule has 9 heteroatoms. The van der Waals surface area contributed by atoms with Gasteiger partial charge in [-0.1, -0.05) is 11.6 Å². The largest absolute Gasteiger partial charge is 0.382 e. The van der Waals surface area contributed by atoms with Crippen LogP contribution in [0.2, 0.25) is 5.02 Å². The van der Waals surface area contributed by atoms with E-state index in [1.54, 1.807) is 0 Å². The van der Waals surface area contributed by atoms with Crippen LogP contribution in [0.25, 0.3) is 0 Å². The smallest absolute Gasteiger partial charge is 0.343 e. The number of H-pyrrole nitrogens is 1. The highest BCUT2D eigenvalue weighted by Crippen LogP contribution is 2.31. The molecule has 0 radical (unpaired) electrons. The Hall–Kier alpha value is -1.54. The molecule has 0 aliphatic carbocycles. The van der Waals surface area contributed by atoms with Gasteiger partial charge in [-0.25, -0.2) is 19.9 Å². The van der Waals surface area contributed by atoms with Crippen LogP contribution in [0.5, 0.6) is 0 Å². The first kappa shape index (κ1) is 11.9. The second-order valence-corrected chi connectivity index (χ2v) is 4.37. The van der Waals surface area contributed by atoms with Crippen LogP contribution in [-0.4, -0.2) is 24.7 Å². The number of rotatable bonds is 3. The molecule has 2 aromatic heterocycles. The van der Waals surface area contributed by atoms with E-state index in [1.165, 1.54) is 10.9 Å². The summed E-state index contributed by atoms with van der Waals surface area (Å²) < 4.78 is 1.47. The standard InChI is InChI=1S/C8H9ClN6OS/c1-2-15-7(16)13-14-8(15)17-6-4(9)5(10)11-3-12-6/h3H,2H2,1H3,(H,13,16)(H2,10,11,12). The lowest BCUT2D eigenvalue weighted by Crippen LogP contribution is -2.16. The highest BCUT2D eigenvalue weighted by atomic mass is 35.5. The van der Waals surface area contributed by atoms with E-state index in [0.29, 0.717) is 16.7 Å². The topological polar surface area (TPSA) is 102 Å². The zero-order valence-electron chi connectivity index (χ0n) is 8.85. The number of nitrogen functional groups attached to an aromatic ring is 1. The van der Waals surface area contributed by atoms with Crippen molar-refractivity contribution in [3.8, 4) is 0 Å². The minimum atomic E-state index is -0.270. The summed E-state index contributed by atoms with van der Waals surface area (Å²) in [4.78, 5) is 19.1. The normalized spacial score (nSPS) is 10.7. The number of hydrogen-bond donors (Lipinski definition) is 2. The summed E-state index contributed by atoms with van der Waals surface area (Å²) in [6, 6.07) is 0. The van der Waals surface area contributed by atoms with Gasteiger partial charge < -0.3 is 5.73 Å². The minimum absolute atomic E-state index is 0.199. The van der Waals surface area contributed by atoms with E-state index >= 15 is 0 Å². The van der Waals surface area contributed by atoms with Gasteiger partial charge in [0.1, 0.15) is 22.2 Å². The summed E-state index contributed by atoms with van der Waals surface area (Å²) >= 11 is 7.11. The Kier molecular flexibility index (Phi) is 3.34. The maximum atomic E-state index is 11.4. The molecule has 3 N–H and O–H groups in total. The molecule has 0 unspecified atom stereocenters. The van der Waals surface area contributed by atoms with Crippen molar-refractivity contribution in [2.45, 2.75) is 23.7 Å². The summed E-state index contributed by atoms with van der Waals surface area (Å²) in [7, 11) is 0. The molecule has 0 bridgehead atoms. The zero-order chi connectivity index (χ0) is 12.4. The van der Waals surface area contributed by atoms with Crippen molar-refractivity contribution >= 4 is 29.2 Å². The van der Waals surface area contributed by atoms with Crippen LogP contribution < -0.4 is 11.4 Å². The Balaban J connectivity index is 2.38. The molecule has 7 nitrogen and oxygen atoms in total. The molecular weight excluding hydrogens is 264 g/mol. The fourth-order valence-corrected chi connectivity index (χ4v) is 2.28. The number of aromatic amines is 1. The second kappa shape index (κ2) is 4.76. The van der Waals surface area contributed by atoms with Gasteiger partial charge >= 0.3 is 5.69 Å². The lowest BCUT2D eigenvalue weighted by atomic mass is 10.6. The maximum Gasteiger partial charge on any atom is 0.343 e. The molecule has 90 valence electrons. The molecule has 0 saturated carbocycles. The number of halogens is 1. The predicted octanol–water partition coefficient (Wildman–Crippen LogP) is 0.768. The van der Waals surface area contributed by atoms with Crippen LogP contribution in [0.4, 0.5) is 5.82 Å². The summed E-state index contributed by atoms with van der Waals surface area (Å²) in [6.45, 7) is 2.35. The van der Waals surface area contributed by atoms with Gasteiger partial charge in [0.25, 0.3) is 0 Å². The van der Waals surface area contributed by atoms with Gasteiger partial charge in [-0.05, 0) is 18.7 Å². The van der Waals surface area contributed by atoms with Gasteiger partial charge in [0.15, 0.2) is 5.16 Å². The van der Waals surface area contributed by atoms with Gasteiger partial charge in [0.05, 0.1) is 0 Å². The molecule has 0 aliphatic heterocycles. The molecule has 0 aromatic carbocycles. The van der Waals surface area contributed by atoms with E-state index in [1.807, 2.05) is 6.92 Å². The van der Waals surface area contributed by atoms with Crippen LogP contribution in [0.1, 0.15) is 6.92 Å². The number of nitrogens with one attached hydrogen (secondary N) is 1. The monoisotopic (exact) mass is 272 g/mol. The van der Waals surface area contributed by atoms with Crippen LogP contribution >= 0.6 is 23.4 Å². The van der Waals surface area contributed by atoms with Gasteiger partial charge in [-0.2, -0.15) is 0 Å². The number of nitrogens with zero attached hydrogens (tertiary/aromatic N) is 4. The van der Waals surface area contributed by atoms with Crippen molar-refractivity contribution in [2.24, 2.45) is 0 Å². The molecule has 0 amide bonds. The van der Waals surface area contributed by atoms with Crippen molar-refractivity contribution in [3.05, 3.63) is 21.8 Å². The Morgan fingerprint density at radius 2 is 2.35 bits per heavy atom. The number of hydrogen-bond acceptors (Lipinski definition) is 6. The van der Waals surface area contributed by atoms with E-state index in [-0.39, 0.29) is 16.5 Å². The lowest BCUT2D eigenvalue weighted by molar-refractivity contribution is 0.660. The Morgan fingerprint density at radius 1 is 1.59 bits per heavy atom. The average Bonchev–Trinajstić information content (AvgIpc) is 2.66. The molecule has 0 atom stereocenters. The van der Waals surface area contributed by atoms with E-state index in [9.17, 15) is 4.79 Å². The first-order chi connectivity index (χ1) is 8.13. The van der Waals surface area contributed by atoms with Crippen LogP contribution in [0.3, 0.4) is 0 Å². The first-order valence-corrected chi connectivity index (χ1v) is 5.92. The predicted molar refractivity (Wildman–Crippen MR) is 64.1 cm³/mol. The Morgan fingerprint density at radius 3 is 3.06 bits per heavy atom. The summed E-state index contributed by atoms with van der Waals surface area (Å²) in [5.41, 5.74) is 5.29. The Labute approximate surface area is 105 Å². The quantitative estimate of drug-likeness (QED) is 0.800. The summed E-state index contributed by atoms with van der Waals surface area (Å²) in [5, 5.41) is 7.45. The summed E-state index contributed by atoms with van der Waals surface area (Å²) in [6.07, 6.45) is 1.31. The molecular formula is C8H9ClN6OS. The molecule has 2 heterocycles. The third-order valence-corrected chi connectivity index (χ3v) is 3.49. The van der Waals surface area contributed by atoms with E-state index in [0.717, 1.165) is 11.8 Å². The minimum Gasteiger partial charge on any atom is -0.382 e. The molecule has 0 aliphatic rings. The molecule has 0 fully saturated rings. The van der Waals surface area contributed by atoms with Crippen molar-refractivity contribution in [2.75, 3.05) is 5.73 Å². The van der Waals surface area contributed by atoms with Crippen LogP contribution in [0.15, 0.2) is 21.3 Å². The van der Waals surface area contributed by atoms with Crippen molar-refractivity contribution in [1.29, 1.82) is 0 Å². The maximum absolute atomic E-state index is 11.4. The van der Waals surface area contributed by atoms with Crippen molar-refractivity contribution in [1.82, 2.24) is 24.7 Å². The van der Waals surface area contributed by atoms with Crippen LogP contribution in [0, 0.1) is 0 Å². The summed E-state index contributed by atoms with van der Waals surface area (Å²) in [5.74, 6) is 0.199. The Bertz CT molecular complexity index is 594. The fraction of sp³-hybridized carbons (Fsp3) is 0.250. The molecule has 2 rings (SSSR count). The first-order valence-electron chi connectivity index (χ1n) is 4.72. The SMILES string of the molecule is CCn1c(Sc2ncnc(N)c2Cl)n[nH]c1=O. The molecule has 17 heavy (non-hydrogen) atoms. The lowest BCUT2D eigenvalue weighted by Gasteiger charge is -2.04. The number of aromatic nitrogens is 5. The third kappa shape index (κ3) is 2.27. The van der Waals surface area contributed by atoms with Gasteiger partial charge in [-0.15, -0.1) is 5.10 Å². The molecule has 0 saturated heterocycles. The third-order valence-electron chi connectivity index (χ3n) is 2.01. The molecule has 0 spiro atoms.